The molecule has 1 aromatic heterocycles. The Bertz CT molecular complexity index is 611. The molecule has 0 saturated carbocycles. The Morgan fingerprint density at radius 2 is 2.00 bits per heavy atom. The van der Waals surface area contributed by atoms with Gasteiger partial charge in [-0.25, -0.2) is 9.37 Å². The molecule has 0 spiro atoms. The molecule has 0 saturated heterocycles. The molecule has 1 N–H and O–H groups in total. The summed E-state index contributed by atoms with van der Waals surface area (Å²) in [4.78, 5) is 5.97. The van der Waals surface area contributed by atoms with Crippen LogP contribution in [0.4, 0.5) is 4.39 Å². The first kappa shape index (κ1) is 15.1. The van der Waals surface area contributed by atoms with Crippen molar-refractivity contribution in [1.82, 2.24) is 10.3 Å². The molecule has 20 heavy (non-hydrogen) atoms. The standard InChI is InChI=1S/C16H21FN2S/c1-10-6-7-11(8-12(10)17)15-19-14(16(2,3)4)13(20-15)9-18-5/h6-8,18H,9H2,1-5H3. The second kappa shape index (κ2) is 5.62. The van der Waals surface area contributed by atoms with Crippen LogP contribution in [0.25, 0.3) is 10.6 Å². The van der Waals surface area contributed by atoms with Gasteiger partial charge in [0, 0.05) is 22.4 Å². The van der Waals surface area contributed by atoms with E-state index in [1.165, 1.54) is 4.88 Å². The summed E-state index contributed by atoms with van der Waals surface area (Å²) in [6.07, 6.45) is 0. The fraction of sp³-hybridized carbons (Fsp3) is 0.438. The predicted octanol–water partition coefficient (Wildman–Crippen LogP) is 4.27. The van der Waals surface area contributed by atoms with E-state index >= 15 is 0 Å². The molecule has 0 fully saturated rings. The van der Waals surface area contributed by atoms with Gasteiger partial charge in [-0.15, -0.1) is 11.3 Å². The van der Waals surface area contributed by atoms with Crippen LogP contribution in [0.5, 0.6) is 0 Å². The fourth-order valence-electron chi connectivity index (χ4n) is 2.07. The minimum Gasteiger partial charge on any atom is -0.315 e. The fourth-order valence-corrected chi connectivity index (χ4v) is 3.35. The Kier molecular flexibility index (Phi) is 4.25. The van der Waals surface area contributed by atoms with E-state index in [1.54, 1.807) is 30.4 Å². The molecule has 0 radical (unpaired) electrons. The largest absolute Gasteiger partial charge is 0.315 e. The summed E-state index contributed by atoms with van der Waals surface area (Å²) >= 11 is 1.64. The van der Waals surface area contributed by atoms with Crippen molar-refractivity contribution in [3.05, 3.63) is 40.2 Å². The topological polar surface area (TPSA) is 24.9 Å². The average Bonchev–Trinajstić information content (AvgIpc) is 2.77. The molecule has 4 heteroatoms. The number of nitrogens with zero attached hydrogens (tertiary/aromatic N) is 1. The number of thiazole rings is 1. The van der Waals surface area contributed by atoms with Crippen molar-refractivity contribution in [2.45, 2.75) is 39.7 Å². The molecule has 0 aliphatic heterocycles. The van der Waals surface area contributed by atoms with Crippen LogP contribution in [0.2, 0.25) is 0 Å². The van der Waals surface area contributed by atoms with E-state index in [4.69, 9.17) is 4.98 Å². The van der Waals surface area contributed by atoms with Gasteiger partial charge in [-0.05, 0) is 25.6 Å². The van der Waals surface area contributed by atoms with E-state index < -0.39 is 0 Å². The number of hydrogen-bond acceptors (Lipinski definition) is 3. The normalized spacial score (nSPS) is 11.9. The van der Waals surface area contributed by atoms with Gasteiger partial charge in [0.15, 0.2) is 0 Å². The highest BCUT2D eigenvalue weighted by molar-refractivity contribution is 7.15. The molecule has 1 aromatic carbocycles. The Morgan fingerprint density at radius 3 is 2.55 bits per heavy atom. The molecule has 0 aliphatic carbocycles. The monoisotopic (exact) mass is 292 g/mol. The van der Waals surface area contributed by atoms with Gasteiger partial charge in [0.1, 0.15) is 10.8 Å². The van der Waals surface area contributed by atoms with E-state index in [1.807, 2.05) is 13.1 Å². The van der Waals surface area contributed by atoms with Gasteiger partial charge in [-0.1, -0.05) is 32.9 Å². The van der Waals surface area contributed by atoms with Crippen LogP contribution in [0.1, 0.15) is 36.9 Å². The van der Waals surface area contributed by atoms with Crippen molar-refractivity contribution in [3.8, 4) is 10.6 Å². The zero-order chi connectivity index (χ0) is 14.9. The van der Waals surface area contributed by atoms with Gasteiger partial charge in [-0.3, -0.25) is 0 Å². The van der Waals surface area contributed by atoms with E-state index in [9.17, 15) is 4.39 Å². The quantitative estimate of drug-likeness (QED) is 0.913. The minimum atomic E-state index is -0.176. The maximum absolute atomic E-state index is 13.7. The molecule has 0 atom stereocenters. The van der Waals surface area contributed by atoms with E-state index in [0.29, 0.717) is 5.56 Å². The van der Waals surface area contributed by atoms with Gasteiger partial charge in [0.2, 0.25) is 0 Å². The summed E-state index contributed by atoms with van der Waals surface area (Å²) in [5, 5.41) is 4.07. The summed E-state index contributed by atoms with van der Waals surface area (Å²) < 4.78 is 13.7. The van der Waals surface area contributed by atoms with Gasteiger partial charge < -0.3 is 5.32 Å². The number of nitrogens with one attached hydrogen (secondary N) is 1. The Morgan fingerprint density at radius 1 is 1.30 bits per heavy atom. The van der Waals surface area contributed by atoms with E-state index in [2.05, 4.69) is 26.1 Å². The molecule has 2 aromatic rings. The molecule has 0 unspecified atom stereocenters. The van der Waals surface area contributed by atoms with Gasteiger partial charge in [0.05, 0.1) is 5.69 Å². The van der Waals surface area contributed by atoms with Crippen molar-refractivity contribution >= 4 is 11.3 Å². The van der Waals surface area contributed by atoms with Crippen LogP contribution in [0, 0.1) is 12.7 Å². The second-order valence-electron chi connectivity index (χ2n) is 6.04. The Balaban J connectivity index is 2.49. The highest BCUT2D eigenvalue weighted by atomic mass is 32.1. The van der Waals surface area contributed by atoms with E-state index in [-0.39, 0.29) is 11.2 Å². The molecule has 2 nitrogen and oxygen atoms in total. The van der Waals surface area contributed by atoms with Crippen molar-refractivity contribution in [3.63, 3.8) is 0 Å². The van der Waals surface area contributed by atoms with Crippen LogP contribution in [-0.4, -0.2) is 12.0 Å². The van der Waals surface area contributed by atoms with Crippen molar-refractivity contribution < 1.29 is 4.39 Å². The third kappa shape index (κ3) is 3.07. The molecule has 1 heterocycles. The first-order chi connectivity index (χ1) is 9.32. The lowest BCUT2D eigenvalue weighted by Gasteiger charge is -2.17. The average molecular weight is 292 g/mol. The van der Waals surface area contributed by atoms with Crippen LogP contribution in [-0.2, 0) is 12.0 Å². The summed E-state index contributed by atoms with van der Waals surface area (Å²) in [5.41, 5.74) is 2.60. The zero-order valence-electron chi connectivity index (χ0n) is 12.7. The number of aryl methyl sites for hydroxylation is 1. The van der Waals surface area contributed by atoms with Crippen LogP contribution in [0.3, 0.4) is 0 Å². The third-order valence-electron chi connectivity index (χ3n) is 3.16. The van der Waals surface area contributed by atoms with Crippen molar-refractivity contribution in [1.29, 1.82) is 0 Å². The molecule has 0 amide bonds. The number of hydrogen-bond donors (Lipinski definition) is 1. The number of benzene rings is 1. The number of rotatable bonds is 3. The number of halogens is 1. The van der Waals surface area contributed by atoms with Crippen molar-refractivity contribution in [2.24, 2.45) is 0 Å². The molecule has 0 aliphatic rings. The maximum atomic E-state index is 13.7. The molecular formula is C16H21FN2S. The van der Waals surface area contributed by atoms with Crippen LogP contribution in [0.15, 0.2) is 18.2 Å². The lowest BCUT2D eigenvalue weighted by molar-refractivity contribution is 0.563. The van der Waals surface area contributed by atoms with Crippen LogP contribution < -0.4 is 5.32 Å². The highest BCUT2D eigenvalue weighted by Crippen LogP contribution is 2.34. The summed E-state index contributed by atoms with van der Waals surface area (Å²) in [6, 6.07) is 5.32. The summed E-state index contributed by atoms with van der Waals surface area (Å²) in [6.45, 7) is 9.02. The van der Waals surface area contributed by atoms with Crippen LogP contribution >= 0.6 is 11.3 Å². The molecule has 2 rings (SSSR count). The minimum absolute atomic E-state index is 0.00975. The first-order valence-corrected chi connectivity index (χ1v) is 7.56. The lowest BCUT2D eigenvalue weighted by atomic mass is 9.91. The molecule has 108 valence electrons. The van der Waals surface area contributed by atoms with E-state index in [0.717, 1.165) is 22.8 Å². The SMILES string of the molecule is CNCc1sc(-c2ccc(C)c(F)c2)nc1C(C)(C)C. The zero-order valence-corrected chi connectivity index (χ0v) is 13.5. The lowest BCUT2D eigenvalue weighted by Crippen LogP contribution is -2.16. The second-order valence-corrected chi connectivity index (χ2v) is 7.12. The van der Waals surface area contributed by atoms with Gasteiger partial charge in [-0.2, -0.15) is 0 Å². The third-order valence-corrected chi connectivity index (χ3v) is 4.27. The molecule has 0 bridgehead atoms. The predicted molar refractivity (Wildman–Crippen MR) is 83.7 cm³/mol. The maximum Gasteiger partial charge on any atom is 0.126 e. The Hall–Kier alpha value is -1.26. The highest BCUT2D eigenvalue weighted by Gasteiger charge is 2.23. The molecular weight excluding hydrogens is 271 g/mol. The van der Waals surface area contributed by atoms with Gasteiger partial charge in [0.25, 0.3) is 0 Å². The smallest absolute Gasteiger partial charge is 0.126 e. The first-order valence-electron chi connectivity index (χ1n) is 6.74. The number of aromatic nitrogens is 1. The summed E-state index contributed by atoms with van der Waals surface area (Å²) in [7, 11) is 1.93. The summed E-state index contributed by atoms with van der Waals surface area (Å²) in [5.74, 6) is -0.176. The Labute approximate surface area is 124 Å². The van der Waals surface area contributed by atoms with Gasteiger partial charge >= 0.3 is 0 Å². The van der Waals surface area contributed by atoms with Crippen molar-refractivity contribution in [2.75, 3.05) is 7.05 Å².